The highest BCUT2D eigenvalue weighted by atomic mass is 35.5. The van der Waals surface area contributed by atoms with Crippen molar-refractivity contribution < 1.29 is 9.90 Å². The van der Waals surface area contributed by atoms with E-state index < -0.39 is 5.97 Å². The fourth-order valence-electron chi connectivity index (χ4n) is 0.887. The van der Waals surface area contributed by atoms with Gasteiger partial charge < -0.3 is 5.11 Å². The first-order valence-electron chi connectivity index (χ1n) is 3.66. The maximum absolute atomic E-state index is 10.7. The molecule has 1 rings (SSSR count). The van der Waals surface area contributed by atoms with Crippen LogP contribution in [-0.2, 0) is 0 Å². The van der Waals surface area contributed by atoms with Crippen LogP contribution < -0.4 is 0 Å². The van der Waals surface area contributed by atoms with Crippen molar-refractivity contribution in [2.24, 2.45) is 0 Å². The third-order valence-corrected chi connectivity index (χ3v) is 1.61. The number of nitrogens with zero attached hydrogens (tertiary/aromatic N) is 1. The van der Waals surface area contributed by atoms with Crippen molar-refractivity contribution in [2.45, 2.75) is 0 Å². The van der Waals surface area contributed by atoms with Crippen LogP contribution in [0.25, 0.3) is 6.08 Å². The highest BCUT2D eigenvalue weighted by Gasteiger charge is 2.06. The fraction of sp³-hybridized carbons (Fsp3) is 0.111. The molecule has 13 heavy (non-hydrogen) atoms. The number of rotatable bonds is 3. The Hall–Kier alpha value is -1.35. The zero-order valence-corrected chi connectivity index (χ0v) is 7.53. The van der Waals surface area contributed by atoms with E-state index in [1.165, 1.54) is 6.07 Å². The highest BCUT2D eigenvalue weighted by molar-refractivity contribution is 6.19. The van der Waals surface area contributed by atoms with Crippen LogP contribution in [0.2, 0.25) is 0 Å². The molecule has 0 atom stereocenters. The lowest BCUT2D eigenvalue weighted by Gasteiger charge is -1.97. The van der Waals surface area contributed by atoms with Gasteiger partial charge >= 0.3 is 5.97 Å². The largest absolute Gasteiger partial charge is 0.478 e. The molecule has 0 aliphatic carbocycles. The molecular formula is C9H8ClNO2. The smallest absolute Gasteiger partial charge is 0.337 e. The minimum absolute atomic E-state index is 0.184. The monoisotopic (exact) mass is 197 g/mol. The highest BCUT2D eigenvalue weighted by Crippen LogP contribution is 2.07. The van der Waals surface area contributed by atoms with Gasteiger partial charge in [-0.25, -0.2) is 4.79 Å². The maximum atomic E-state index is 10.7. The number of pyridine rings is 1. The zero-order valence-electron chi connectivity index (χ0n) is 6.77. The molecule has 0 aliphatic rings. The molecular weight excluding hydrogens is 190 g/mol. The predicted molar refractivity (Wildman–Crippen MR) is 51.0 cm³/mol. The second-order valence-electron chi connectivity index (χ2n) is 2.30. The van der Waals surface area contributed by atoms with Crippen LogP contribution in [0, 0.1) is 0 Å². The summed E-state index contributed by atoms with van der Waals surface area (Å²) in [4.78, 5) is 14.6. The SMILES string of the molecule is O=C(O)c1cccnc1C=CCCl. The summed E-state index contributed by atoms with van der Waals surface area (Å²) in [7, 11) is 0. The third-order valence-electron chi connectivity index (χ3n) is 1.43. The first kappa shape index (κ1) is 9.74. The molecule has 0 amide bonds. The van der Waals surface area contributed by atoms with E-state index in [2.05, 4.69) is 4.98 Å². The van der Waals surface area contributed by atoms with Gasteiger partial charge in [0.15, 0.2) is 0 Å². The Kier molecular flexibility index (Phi) is 3.46. The van der Waals surface area contributed by atoms with Crippen molar-refractivity contribution in [1.29, 1.82) is 0 Å². The van der Waals surface area contributed by atoms with Gasteiger partial charge in [-0.3, -0.25) is 4.98 Å². The number of alkyl halides is 1. The minimum Gasteiger partial charge on any atom is -0.478 e. The predicted octanol–water partition coefficient (Wildman–Crippen LogP) is 2.03. The number of aromatic carboxylic acids is 1. The molecule has 0 saturated carbocycles. The van der Waals surface area contributed by atoms with Gasteiger partial charge in [0.25, 0.3) is 0 Å². The van der Waals surface area contributed by atoms with Crippen molar-refractivity contribution in [3.05, 3.63) is 35.7 Å². The molecule has 4 heteroatoms. The van der Waals surface area contributed by atoms with Crippen LogP contribution in [-0.4, -0.2) is 21.9 Å². The molecule has 0 aliphatic heterocycles. The molecule has 1 N–H and O–H groups in total. The van der Waals surface area contributed by atoms with Crippen LogP contribution in [0.4, 0.5) is 0 Å². The maximum Gasteiger partial charge on any atom is 0.337 e. The molecule has 1 heterocycles. The van der Waals surface area contributed by atoms with Crippen LogP contribution in [0.1, 0.15) is 16.1 Å². The van der Waals surface area contributed by atoms with E-state index in [9.17, 15) is 4.79 Å². The number of hydrogen-bond acceptors (Lipinski definition) is 2. The average molecular weight is 198 g/mol. The van der Waals surface area contributed by atoms with Gasteiger partial charge in [0.1, 0.15) is 0 Å². The summed E-state index contributed by atoms with van der Waals surface area (Å²) < 4.78 is 0. The van der Waals surface area contributed by atoms with Crippen molar-refractivity contribution in [2.75, 3.05) is 5.88 Å². The fourth-order valence-corrected chi connectivity index (χ4v) is 0.976. The van der Waals surface area contributed by atoms with E-state index >= 15 is 0 Å². The number of halogens is 1. The number of aromatic nitrogens is 1. The molecule has 0 saturated heterocycles. The molecule has 3 nitrogen and oxygen atoms in total. The lowest BCUT2D eigenvalue weighted by molar-refractivity contribution is 0.0696. The second kappa shape index (κ2) is 4.62. The molecule has 0 fully saturated rings. The number of carboxylic acids is 1. The summed E-state index contributed by atoms with van der Waals surface area (Å²) in [5, 5.41) is 8.76. The Bertz CT molecular complexity index is 336. The van der Waals surface area contributed by atoms with Gasteiger partial charge in [0.05, 0.1) is 11.3 Å². The second-order valence-corrected chi connectivity index (χ2v) is 2.61. The quantitative estimate of drug-likeness (QED) is 0.755. The number of allylic oxidation sites excluding steroid dienone is 1. The summed E-state index contributed by atoms with van der Waals surface area (Å²) in [6, 6.07) is 3.09. The van der Waals surface area contributed by atoms with Crippen molar-refractivity contribution in [1.82, 2.24) is 4.98 Å². The van der Waals surface area contributed by atoms with Gasteiger partial charge in [0.2, 0.25) is 0 Å². The van der Waals surface area contributed by atoms with E-state index in [1.807, 2.05) is 0 Å². The van der Waals surface area contributed by atoms with Crippen molar-refractivity contribution >= 4 is 23.6 Å². The zero-order chi connectivity index (χ0) is 9.68. The lowest BCUT2D eigenvalue weighted by atomic mass is 10.2. The summed E-state index contributed by atoms with van der Waals surface area (Å²) in [6.45, 7) is 0. The van der Waals surface area contributed by atoms with Gasteiger partial charge in [0, 0.05) is 12.1 Å². The molecule has 0 bridgehead atoms. The van der Waals surface area contributed by atoms with Crippen LogP contribution >= 0.6 is 11.6 Å². The molecule has 1 aromatic heterocycles. The number of carbonyl (C=O) groups is 1. The van der Waals surface area contributed by atoms with Gasteiger partial charge in [-0.2, -0.15) is 0 Å². The summed E-state index contributed by atoms with van der Waals surface area (Å²) in [6.07, 6.45) is 4.78. The summed E-state index contributed by atoms with van der Waals surface area (Å²) in [5.74, 6) is -0.641. The molecule has 68 valence electrons. The Morgan fingerprint density at radius 3 is 3.08 bits per heavy atom. The molecule has 0 spiro atoms. The topological polar surface area (TPSA) is 50.2 Å². The van der Waals surface area contributed by atoms with Crippen LogP contribution in [0.5, 0.6) is 0 Å². The molecule has 1 aromatic rings. The Morgan fingerprint density at radius 1 is 1.69 bits per heavy atom. The first-order valence-corrected chi connectivity index (χ1v) is 4.20. The standard InChI is InChI=1S/C9H8ClNO2/c10-5-1-4-8-7(9(12)13)3-2-6-11-8/h1-4,6H,5H2,(H,12,13). The minimum atomic E-state index is -0.984. The van der Waals surface area contributed by atoms with Crippen molar-refractivity contribution in [3.8, 4) is 0 Å². The Morgan fingerprint density at radius 2 is 2.46 bits per heavy atom. The van der Waals surface area contributed by atoms with Gasteiger partial charge in [-0.15, -0.1) is 11.6 Å². The molecule has 0 unspecified atom stereocenters. The number of hydrogen-bond donors (Lipinski definition) is 1. The average Bonchev–Trinajstić information content (AvgIpc) is 2.15. The number of carboxylic acid groups (broad SMARTS) is 1. The van der Waals surface area contributed by atoms with E-state index in [0.717, 1.165) is 0 Å². The lowest BCUT2D eigenvalue weighted by Crippen LogP contribution is -2.00. The molecule has 0 aromatic carbocycles. The van der Waals surface area contributed by atoms with Crippen molar-refractivity contribution in [3.63, 3.8) is 0 Å². The summed E-state index contributed by atoms with van der Waals surface area (Å²) in [5.41, 5.74) is 0.611. The van der Waals surface area contributed by atoms with E-state index in [-0.39, 0.29) is 5.56 Å². The van der Waals surface area contributed by atoms with Gasteiger partial charge in [-0.05, 0) is 18.2 Å². The Labute approximate surface area is 80.7 Å². The van der Waals surface area contributed by atoms with Gasteiger partial charge in [-0.1, -0.05) is 6.08 Å². The van der Waals surface area contributed by atoms with E-state index in [1.54, 1.807) is 24.4 Å². The molecule has 0 radical (unpaired) electrons. The van der Waals surface area contributed by atoms with E-state index in [0.29, 0.717) is 11.6 Å². The Balaban J connectivity index is 3.05. The first-order chi connectivity index (χ1) is 6.25. The van der Waals surface area contributed by atoms with Crippen LogP contribution in [0.3, 0.4) is 0 Å². The summed E-state index contributed by atoms with van der Waals surface area (Å²) >= 11 is 5.42. The normalized spacial score (nSPS) is 10.5. The third kappa shape index (κ3) is 2.56. The van der Waals surface area contributed by atoms with Crippen LogP contribution in [0.15, 0.2) is 24.4 Å². The van der Waals surface area contributed by atoms with E-state index in [4.69, 9.17) is 16.7 Å².